The Morgan fingerprint density at radius 1 is 1.15 bits per heavy atom. The Bertz CT molecular complexity index is 1420. The standard InChI is InChI=1S/C27H27F4N5O3/c28-24(29)15-39-23-11-16-9-18(33-21(16)10-17(23)13-32)12-22-19-3-1-2-4-20(19)26(38)36(34-22)14-25(37)35-7-5-27(30,31)6-8-35/h10-11,24H,1-9,12,14-15H2. The van der Waals surface area contributed by atoms with Crippen LogP contribution in [0.25, 0.3) is 0 Å². The maximum Gasteiger partial charge on any atom is 0.272 e. The molecule has 1 aromatic heterocycles. The van der Waals surface area contributed by atoms with Crippen molar-refractivity contribution in [3.63, 3.8) is 0 Å². The Morgan fingerprint density at radius 3 is 2.56 bits per heavy atom. The molecule has 8 nitrogen and oxygen atoms in total. The molecule has 1 saturated heterocycles. The summed E-state index contributed by atoms with van der Waals surface area (Å²) in [7, 11) is 0. The monoisotopic (exact) mass is 545 g/mol. The minimum absolute atomic E-state index is 0.0683. The van der Waals surface area contributed by atoms with Gasteiger partial charge in [-0.25, -0.2) is 22.2 Å². The number of likely N-dealkylation sites (tertiary alicyclic amines) is 1. The SMILES string of the molecule is N#Cc1cc2c(cc1OCC(F)F)CC(Cc1nn(CC(=O)N3CCC(F)(F)CC3)c(=O)c3c1CCCC3)=N2. The zero-order valence-electron chi connectivity index (χ0n) is 21.2. The molecule has 3 aliphatic rings. The van der Waals surface area contributed by atoms with Crippen LogP contribution in [0, 0.1) is 11.3 Å². The number of aromatic nitrogens is 2. The van der Waals surface area contributed by atoms with Crippen molar-refractivity contribution in [2.45, 2.75) is 70.3 Å². The van der Waals surface area contributed by atoms with Crippen LogP contribution in [0.3, 0.4) is 0 Å². The number of nitrogens with zero attached hydrogens (tertiary/aromatic N) is 5. The largest absolute Gasteiger partial charge is 0.486 e. The maximum absolute atomic E-state index is 13.5. The summed E-state index contributed by atoms with van der Waals surface area (Å²) >= 11 is 0. The van der Waals surface area contributed by atoms with E-state index in [-0.39, 0.29) is 36.5 Å². The first-order valence-corrected chi connectivity index (χ1v) is 13.0. The summed E-state index contributed by atoms with van der Waals surface area (Å²) in [6.45, 7) is -1.28. The van der Waals surface area contributed by atoms with Crippen LogP contribution < -0.4 is 10.3 Å². The van der Waals surface area contributed by atoms with Crippen molar-refractivity contribution in [3.05, 3.63) is 50.4 Å². The molecule has 12 heteroatoms. The van der Waals surface area contributed by atoms with E-state index in [9.17, 15) is 32.4 Å². The molecule has 0 atom stereocenters. The number of nitriles is 1. The molecule has 0 saturated carbocycles. The molecule has 2 aromatic rings. The van der Waals surface area contributed by atoms with E-state index in [1.807, 2.05) is 6.07 Å². The van der Waals surface area contributed by atoms with Crippen LogP contribution in [-0.4, -0.2) is 58.3 Å². The number of piperidine rings is 1. The van der Waals surface area contributed by atoms with Gasteiger partial charge in [0.05, 0.1) is 16.9 Å². The maximum atomic E-state index is 13.5. The van der Waals surface area contributed by atoms with Gasteiger partial charge in [-0.05, 0) is 48.9 Å². The van der Waals surface area contributed by atoms with Gasteiger partial charge in [0.25, 0.3) is 17.9 Å². The van der Waals surface area contributed by atoms with Gasteiger partial charge in [0, 0.05) is 50.0 Å². The highest BCUT2D eigenvalue weighted by Gasteiger charge is 2.36. The van der Waals surface area contributed by atoms with Gasteiger partial charge in [0.1, 0.15) is 25.0 Å². The molecule has 0 spiro atoms. The quantitative estimate of drug-likeness (QED) is 0.494. The molecule has 1 fully saturated rings. The number of carbonyl (C=O) groups excluding carboxylic acids is 1. The predicted molar refractivity (Wildman–Crippen MR) is 133 cm³/mol. The molecule has 1 aliphatic carbocycles. The van der Waals surface area contributed by atoms with Crippen LogP contribution >= 0.6 is 0 Å². The lowest BCUT2D eigenvalue weighted by atomic mass is 9.90. The number of hydrogen-bond donors (Lipinski definition) is 0. The third kappa shape index (κ3) is 5.82. The van der Waals surface area contributed by atoms with Gasteiger partial charge < -0.3 is 9.64 Å². The Kier molecular flexibility index (Phi) is 7.42. The molecule has 39 heavy (non-hydrogen) atoms. The van der Waals surface area contributed by atoms with Crippen LogP contribution in [0.4, 0.5) is 23.2 Å². The van der Waals surface area contributed by atoms with Gasteiger partial charge in [-0.1, -0.05) is 0 Å². The number of rotatable bonds is 7. The van der Waals surface area contributed by atoms with E-state index in [1.165, 1.54) is 11.0 Å². The minimum atomic E-state index is -2.78. The average molecular weight is 546 g/mol. The normalized spacial score (nSPS) is 17.8. The lowest BCUT2D eigenvalue weighted by molar-refractivity contribution is -0.138. The topological polar surface area (TPSA) is 101 Å². The summed E-state index contributed by atoms with van der Waals surface area (Å²) in [6.07, 6.45) is 0.190. The zero-order chi connectivity index (χ0) is 27.7. The van der Waals surface area contributed by atoms with E-state index in [0.717, 1.165) is 34.4 Å². The highest BCUT2D eigenvalue weighted by molar-refractivity contribution is 5.95. The first kappa shape index (κ1) is 26.8. The number of halogens is 4. The summed E-state index contributed by atoms with van der Waals surface area (Å²) in [5.41, 5.74) is 3.87. The fraction of sp³-hybridized carbons (Fsp3) is 0.519. The fourth-order valence-electron chi connectivity index (χ4n) is 5.37. The van der Waals surface area contributed by atoms with Gasteiger partial charge in [0.2, 0.25) is 5.91 Å². The van der Waals surface area contributed by atoms with Gasteiger partial charge in [-0.2, -0.15) is 10.4 Å². The molecule has 5 rings (SSSR count). The van der Waals surface area contributed by atoms with Crippen LogP contribution in [0.15, 0.2) is 21.9 Å². The highest BCUT2D eigenvalue weighted by atomic mass is 19.3. The Labute approximate surface area is 221 Å². The third-order valence-corrected chi connectivity index (χ3v) is 7.39. The number of alkyl halides is 4. The van der Waals surface area contributed by atoms with E-state index >= 15 is 0 Å². The fourth-order valence-corrected chi connectivity index (χ4v) is 5.37. The molecule has 0 bridgehead atoms. The Morgan fingerprint density at radius 2 is 1.87 bits per heavy atom. The number of amides is 1. The first-order valence-electron chi connectivity index (χ1n) is 13.0. The molecule has 1 aromatic carbocycles. The van der Waals surface area contributed by atoms with Crippen LogP contribution in [-0.2, 0) is 37.0 Å². The number of carbonyl (C=O) groups is 1. The third-order valence-electron chi connectivity index (χ3n) is 7.39. The molecule has 0 N–H and O–H groups in total. The number of benzene rings is 1. The van der Waals surface area contributed by atoms with Gasteiger partial charge >= 0.3 is 0 Å². The first-order chi connectivity index (χ1) is 18.6. The number of ether oxygens (including phenoxy) is 1. The zero-order valence-corrected chi connectivity index (χ0v) is 21.2. The number of hydrogen-bond acceptors (Lipinski definition) is 6. The van der Waals surface area contributed by atoms with Crippen molar-refractivity contribution in [3.8, 4) is 11.8 Å². The molecule has 0 unspecified atom stereocenters. The highest BCUT2D eigenvalue weighted by Crippen LogP contribution is 2.35. The molecule has 0 radical (unpaired) electrons. The summed E-state index contributed by atoms with van der Waals surface area (Å²) in [6, 6.07) is 5.01. The van der Waals surface area contributed by atoms with E-state index < -0.39 is 37.7 Å². The van der Waals surface area contributed by atoms with E-state index in [0.29, 0.717) is 42.6 Å². The number of aliphatic imine (C=N–C) groups is 1. The molecule has 206 valence electrons. The van der Waals surface area contributed by atoms with Crippen LogP contribution in [0.2, 0.25) is 0 Å². The van der Waals surface area contributed by atoms with Crippen molar-refractivity contribution in [2.75, 3.05) is 19.7 Å². The van der Waals surface area contributed by atoms with Gasteiger partial charge in [0.15, 0.2) is 0 Å². The van der Waals surface area contributed by atoms with Crippen molar-refractivity contribution < 1.29 is 27.1 Å². The summed E-state index contributed by atoms with van der Waals surface area (Å²) in [5.74, 6) is -3.13. The van der Waals surface area contributed by atoms with E-state index in [2.05, 4.69) is 10.1 Å². The average Bonchev–Trinajstić information content (AvgIpc) is 3.30. The Hall–Kier alpha value is -3.75. The molecular formula is C27H27F4N5O3. The molecular weight excluding hydrogens is 518 g/mol. The number of fused-ring (bicyclic) bond motifs is 2. The summed E-state index contributed by atoms with van der Waals surface area (Å²) in [5, 5.41) is 14.0. The van der Waals surface area contributed by atoms with Crippen molar-refractivity contribution in [1.82, 2.24) is 14.7 Å². The second kappa shape index (κ2) is 10.8. The summed E-state index contributed by atoms with van der Waals surface area (Å²) < 4.78 is 58.6. The van der Waals surface area contributed by atoms with E-state index in [1.54, 1.807) is 6.07 Å². The second-order valence-electron chi connectivity index (χ2n) is 10.1. The minimum Gasteiger partial charge on any atom is -0.486 e. The smallest absolute Gasteiger partial charge is 0.272 e. The van der Waals surface area contributed by atoms with Gasteiger partial charge in [-0.15, -0.1) is 0 Å². The predicted octanol–water partition coefficient (Wildman–Crippen LogP) is 3.77. The van der Waals surface area contributed by atoms with E-state index in [4.69, 9.17) is 4.74 Å². The van der Waals surface area contributed by atoms with Crippen molar-refractivity contribution in [1.29, 1.82) is 5.26 Å². The molecule has 2 aliphatic heterocycles. The summed E-state index contributed by atoms with van der Waals surface area (Å²) in [4.78, 5) is 32.0. The van der Waals surface area contributed by atoms with Crippen molar-refractivity contribution in [2.24, 2.45) is 4.99 Å². The van der Waals surface area contributed by atoms with Crippen LogP contribution in [0.5, 0.6) is 5.75 Å². The van der Waals surface area contributed by atoms with Crippen molar-refractivity contribution >= 4 is 17.3 Å². The Balaban J connectivity index is 1.38. The lowest BCUT2D eigenvalue weighted by Crippen LogP contribution is -2.45. The molecule has 1 amide bonds. The lowest BCUT2D eigenvalue weighted by Gasteiger charge is -2.32. The van der Waals surface area contributed by atoms with Crippen LogP contribution in [0.1, 0.15) is 53.6 Å². The molecule has 3 heterocycles. The second-order valence-corrected chi connectivity index (χ2v) is 10.1. The van der Waals surface area contributed by atoms with Gasteiger partial charge in [-0.3, -0.25) is 14.6 Å².